The second-order valence-corrected chi connectivity index (χ2v) is 4.23. The van der Waals surface area contributed by atoms with Gasteiger partial charge in [0, 0.05) is 7.11 Å². The van der Waals surface area contributed by atoms with Gasteiger partial charge in [0.25, 0.3) is 6.35 Å². The second kappa shape index (κ2) is 5.09. The standard InChI is InChI=1S/C10H19N4O3/c1-14(4-6-17-7-5-14)9-11-8-13(16-3)10(12-9)15-2/h8,10H,4-7H2,1-3H3/q+1. The van der Waals surface area contributed by atoms with E-state index < -0.39 is 6.35 Å². The summed E-state index contributed by atoms with van der Waals surface area (Å²) in [6.07, 6.45) is 1.14. The van der Waals surface area contributed by atoms with Gasteiger partial charge in [-0.25, -0.2) is 0 Å². The largest absolute Gasteiger partial charge is 0.370 e. The highest BCUT2D eigenvalue weighted by molar-refractivity contribution is 5.83. The molecular formula is C10H19N4O3+. The van der Waals surface area contributed by atoms with Crippen molar-refractivity contribution < 1.29 is 18.8 Å². The molecule has 0 aromatic carbocycles. The molecule has 0 N–H and O–H groups in total. The van der Waals surface area contributed by atoms with Gasteiger partial charge in [0.2, 0.25) is 0 Å². The normalized spacial score (nSPS) is 28.1. The summed E-state index contributed by atoms with van der Waals surface area (Å²) in [6, 6.07) is 0. The summed E-state index contributed by atoms with van der Waals surface area (Å²) in [6.45, 7) is 3.21. The maximum absolute atomic E-state index is 5.36. The van der Waals surface area contributed by atoms with Crippen molar-refractivity contribution in [1.29, 1.82) is 0 Å². The number of methoxy groups -OCH3 is 1. The Kier molecular flexibility index (Phi) is 3.72. The van der Waals surface area contributed by atoms with Gasteiger partial charge in [-0.2, -0.15) is 15.0 Å². The van der Waals surface area contributed by atoms with Gasteiger partial charge in [-0.15, -0.1) is 0 Å². The van der Waals surface area contributed by atoms with Crippen LogP contribution in [-0.2, 0) is 14.3 Å². The van der Waals surface area contributed by atoms with Crippen molar-refractivity contribution in [1.82, 2.24) is 5.06 Å². The van der Waals surface area contributed by atoms with E-state index in [1.165, 1.54) is 5.06 Å². The lowest BCUT2D eigenvalue weighted by Gasteiger charge is -2.37. The summed E-state index contributed by atoms with van der Waals surface area (Å²) in [7, 11) is 5.26. The van der Waals surface area contributed by atoms with E-state index in [0.29, 0.717) is 4.48 Å². The van der Waals surface area contributed by atoms with Gasteiger partial charge >= 0.3 is 5.96 Å². The van der Waals surface area contributed by atoms with Crippen LogP contribution in [0.3, 0.4) is 0 Å². The molecule has 0 amide bonds. The Labute approximate surface area is 101 Å². The fourth-order valence-electron chi connectivity index (χ4n) is 1.87. The summed E-state index contributed by atoms with van der Waals surface area (Å²) in [5, 5.41) is 1.47. The zero-order valence-electron chi connectivity index (χ0n) is 10.5. The third kappa shape index (κ3) is 2.47. The molecule has 0 aromatic rings. The Morgan fingerprint density at radius 3 is 2.71 bits per heavy atom. The lowest BCUT2D eigenvalue weighted by Crippen LogP contribution is -2.57. The number of ether oxygens (including phenoxy) is 2. The third-order valence-corrected chi connectivity index (χ3v) is 3.09. The molecule has 1 saturated heterocycles. The minimum atomic E-state index is -0.467. The third-order valence-electron chi connectivity index (χ3n) is 3.09. The molecule has 1 unspecified atom stereocenters. The fourth-order valence-corrected chi connectivity index (χ4v) is 1.87. The number of guanidine groups is 1. The molecule has 7 heteroatoms. The zero-order chi connectivity index (χ0) is 12.3. The number of rotatable bonds is 2. The van der Waals surface area contributed by atoms with Crippen molar-refractivity contribution in [2.24, 2.45) is 9.98 Å². The molecule has 96 valence electrons. The van der Waals surface area contributed by atoms with Gasteiger partial charge in [-0.05, 0) is 0 Å². The number of hydroxylamine groups is 2. The molecule has 1 fully saturated rings. The molecule has 0 spiro atoms. The van der Waals surface area contributed by atoms with Crippen LogP contribution < -0.4 is 0 Å². The highest BCUT2D eigenvalue weighted by Crippen LogP contribution is 2.15. The van der Waals surface area contributed by atoms with E-state index in [1.807, 2.05) is 0 Å². The molecule has 1 atom stereocenters. The van der Waals surface area contributed by atoms with Crippen LogP contribution >= 0.6 is 0 Å². The lowest BCUT2D eigenvalue weighted by atomic mass is 10.3. The van der Waals surface area contributed by atoms with Crippen LogP contribution in [0.1, 0.15) is 0 Å². The number of nitrogens with zero attached hydrogens (tertiary/aromatic N) is 4. The van der Waals surface area contributed by atoms with Gasteiger partial charge in [0.15, 0.2) is 0 Å². The van der Waals surface area contributed by atoms with Gasteiger partial charge in [0.1, 0.15) is 19.4 Å². The second-order valence-electron chi connectivity index (χ2n) is 4.23. The molecule has 2 heterocycles. The van der Waals surface area contributed by atoms with Crippen molar-refractivity contribution in [3.63, 3.8) is 0 Å². The van der Waals surface area contributed by atoms with Crippen molar-refractivity contribution in [3.8, 4) is 0 Å². The Morgan fingerprint density at radius 2 is 2.12 bits per heavy atom. The minimum Gasteiger partial charge on any atom is -0.370 e. The molecule has 0 radical (unpaired) electrons. The number of aliphatic imine (C=N–C) groups is 2. The van der Waals surface area contributed by atoms with Crippen molar-refractivity contribution >= 4 is 12.3 Å². The Bertz CT molecular complexity index is 326. The first-order valence-corrected chi connectivity index (χ1v) is 5.60. The number of hydrogen-bond acceptors (Lipinski definition) is 6. The first-order valence-electron chi connectivity index (χ1n) is 5.60. The molecule has 0 aliphatic carbocycles. The molecule has 2 aliphatic heterocycles. The van der Waals surface area contributed by atoms with Crippen LogP contribution in [0.15, 0.2) is 9.98 Å². The Balaban J connectivity index is 2.16. The summed E-state index contributed by atoms with van der Waals surface area (Å²) in [5.41, 5.74) is 0. The minimum absolute atomic E-state index is 0.467. The van der Waals surface area contributed by atoms with Crippen LogP contribution in [-0.4, -0.2) is 75.8 Å². The molecule has 0 bridgehead atoms. The highest BCUT2D eigenvalue weighted by Gasteiger charge is 2.35. The average molecular weight is 243 g/mol. The maximum Gasteiger partial charge on any atom is 0.329 e. The van der Waals surface area contributed by atoms with Crippen LogP contribution in [0.25, 0.3) is 0 Å². The van der Waals surface area contributed by atoms with Crippen LogP contribution in [0, 0.1) is 0 Å². The first kappa shape index (κ1) is 12.4. The van der Waals surface area contributed by atoms with Crippen LogP contribution in [0.5, 0.6) is 0 Å². The predicted octanol–water partition coefficient (Wildman–Crippen LogP) is -0.345. The van der Waals surface area contributed by atoms with Crippen LogP contribution in [0.2, 0.25) is 0 Å². The molecule has 7 nitrogen and oxygen atoms in total. The van der Waals surface area contributed by atoms with Crippen molar-refractivity contribution in [2.45, 2.75) is 6.35 Å². The predicted molar refractivity (Wildman–Crippen MR) is 62.3 cm³/mol. The summed E-state index contributed by atoms with van der Waals surface area (Å²) >= 11 is 0. The topological polar surface area (TPSA) is 55.7 Å². The van der Waals surface area contributed by atoms with Crippen LogP contribution in [0.4, 0.5) is 0 Å². The van der Waals surface area contributed by atoms with E-state index in [-0.39, 0.29) is 0 Å². The Morgan fingerprint density at radius 1 is 1.41 bits per heavy atom. The molecule has 2 rings (SSSR count). The summed E-state index contributed by atoms with van der Waals surface area (Å²) < 4.78 is 11.3. The molecule has 0 aromatic heterocycles. The quantitative estimate of drug-likeness (QED) is 0.622. The van der Waals surface area contributed by atoms with Gasteiger partial charge in [-0.1, -0.05) is 0 Å². The summed E-state index contributed by atoms with van der Waals surface area (Å²) in [5.74, 6) is 0.758. The molecule has 2 aliphatic rings. The molecular weight excluding hydrogens is 224 g/mol. The van der Waals surface area contributed by atoms with E-state index in [9.17, 15) is 0 Å². The van der Waals surface area contributed by atoms with E-state index >= 15 is 0 Å². The van der Waals surface area contributed by atoms with E-state index in [2.05, 4.69) is 17.0 Å². The SMILES string of the molecule is COC1N=C([N+]2(C)CCOCC2)N=CN1OC. The van der Waals surface area contributed by atoms with Crippen molar-refractivity contribution in [3.05, 3.63) is 0 Å². The van der Waals surface area contributed by atoms with E-state index in [4.69, 9.17) is 14.3 Å². The smallest absolute Gasteiger partial charge is 0.329 e. The van der Waals surface area contributed by atoms with Gasteiger partial charge in [0.05, 0.1) is 27.4 Å². The molecule has 0 saturated carbocycles. The van der Waals surface area contributed by atoms with Crippen molar-refractivity contribution in [2.75, 3.05) is 47.6 Å². The monoisotopic (exact) mass is 243 g/mol. The number of likely N-dealkylation sites (N-methyl/N-ethyl adjacent to an activating group) is 1. The Hall–Kier alpha value is -1.02. The fraction of sp³-hybridized carbons (Fsp3) is 0.800. The van der Waals surface area contributed by atoms with E-state index in [0.717, 1.165) is 32.3 Å². The molecule has 17 heavy (non-hydrogen) atoms. The number of quaternary nitrogens is 1. The number of hydrogen-bond donors (Lipinski definition) is 0. The highest BCUT2D eigenvalue weighted by atomic mass is 16.7. The first-order chi connectivity index (χ1) is 8.19. The number of morpholine rings is 1. The lowest BCUT2D eigenvalue weighted by molar-refractivity contribution is -0.831. The van der Waals surface area contributed by atoms with Gasteiger partial charge < -0.3 is 9.47 Å². The zero-order valence-corrected chi connectivity index (χ0v) is 10.5. The summed E-state index contributed by atoms with van der Waals surface area (Å²) in [4.78, 5) is 13.9. The van der Waals surface area contributed by atoms with Gasteiger partial charge in [-0.3, -0.25) is 9.32 Å². The maximum atomic E-state index is 5.36. The average Bonchev–Trinajstić information content (AvgIpc) is 2.38. The van der Waals surface area contributed by atoms with E-state index in [1.54, 1.807) is 20.6 Å².